The summed E-state index contributed by atoms with van der Waals surface area (Å²) < 4.78 is 2.85. The van der Waals surface area contributed by atoms with Crippen molar-refractivity contribution in [3.8, 4) is 0 Å². The molecule has 1 heterocycles. The fraction of sp³-hybridized carbons (Fsp3) is 0.238. The topological polar surface area (TPSA) is 46.9 Å². The Morgan fingerprint density at radius 3 is 2.35 bits per heavy atom. The van der Waals surface area contributed by atoms with E-state index in [-0.39, 0.29) is 5.91 Å². The molecule has 2 aromatic carbocycles. The van der Waals surface area contributed by atoms with Gasteiger partial charge < -0.3 is 5.32 Å². The third-order valence-corrected chi connectivity index (χ3v) is 4.83. The van der Waals surface area contributed by atoms with Crippen LogP contribution in [0.2, 0.25) is 0 Å². The fourth-order valence-electron chi connectivity index (χ4n) is 2.73. The minimum Gasteiger partial charge on any atom is -0.311 e. The monoisotopic (exact) mass is 411 g/mol. The third-order valence-electron chi connectivity index (χ3n) is 4.30. The number of carbonyl (C=O) groups is 1. The summed E-state index contributed by atoms with van der Waals surface area (Å²) in [5.41, 5.74) is 3.62. The Morgan fingerprint density at radius 1 is 1.00 bits per heavy atom. The zero-order valence-corrected chi connectivity index (χ0v) is 16.4. The van der Waals surface area contributed by atoms with Crippen LogP contribution in [0.3, 0.4) is 0 Å². The van der Waals surface area contributed by atoms with Crippen LogP contribution in [0, 0.1) is 0 Å². The van der Waals surface area contributed by atoms with Crippen LogP contribution < -0.4 is 5.32 Å². The maximum atomic E-state index is 12.3. The highest BCUT2D eigenvalue weighted by molar-refractivity contribution is 9.10. The van der Waals surface area contributed by atoms with Gasteiger partial charge in [0.15, 0.2) is 0 Å². The summed E-state index contributed by atoms with van der Waals surface area (Å²) in [6.07, 6.45) is 3.92. The zero-order valence-electron chi connectivity index (χ0n) is 14.8. The van der Waals surface area contributed by atoms with E-state index in [9.17, 15) is 4.79 Å². The number of carbonyl (C=O) groups excluding carboxylic acids is 1. The van der Waals surface area contributed by atoms with Crippen molar-refractivity contribution in [3.05, 3.63) is 82.0 Å². The molecule has 0 saturated carbocycles. The lowest BCUT2D eigenvalue weighted by Gasteiger charge is -2.09. The molecule has 26 heavy (non-hydrogen) atoms. The van der Waals surface area contributed by atoms with Gasteiger partial charge in [0.25, 0.3) is 0 Å². The number of hydrogen-bond donors (Lipinski definition) is 1. The number of halogens is 1. The van der Waals surface area contributed by atoms with Crippen molar-refractivity contribution < 1.29 is 4.79 Å². The molecule has 3 rings (SSSR count). The lowest BCUT2D eigenvalue weighted by molar-refractivity contribution is -0.116. The number of amides is 1. The molecule has 0 bridgehead atoms. The Hall–Kier alpha value is -2.40. The average molecular weight is 412 g/mol. The van der Waals surface area contributed by atoms with E-state index < -0.39 is 0 Å². The van der Waals surface area contributed by atoms with E-state index in [0.717, 1.165) is 28.7 Å². The van der Waals surface area contributed by atoms with E-state index in [0.29, 0.717) is 13.0 Å². The molecule has 0 atom stereocenters. The Kier molecular flexibility index (Phi) is 6.23. The largest absolute Gasteiger partial charge is 0.311 e. The van der Waals surface area contributed by atoms with Crippen molar-refractivity contribution in [2.75, 3.05) is 5.32 Å². The lowest BCUT2D eigenvalue weighted by Crippen LogP contribution is -2.16. The Morgan fingerprint density at radius 2 is 1.65 bits per heavy atom. The highest BCUT2D eigenvalue weighted by Crippen LogP contribution is 2.15. The summed E-state index contributed by atoms with van der Waals surface area (Å²) in [7, 11) is 0. The quantitative estimate of drug-likeness (QED) is 0.605. The van der Waals surface area contributed by atoms with Crippen molar-refractivity contribution >= 4 is 27.7 Å². The first-order chi connectivity index (χ1) is 12.6. The smallest absolute Gasteiger partial charge is 0.225 e. The van der Waals surface area contributed by atoms with Gasteiger partial charge in [-0.3, -0.25) is 4.79 Å². The van der Waals surface area contributed by atoms with E-state index in [2.05, 4.69) is 57.5 Å². The van der Waals surface area contributed by atoms with E-state index in [1.807, 2.05) is 30.3 Å². The lowest BCUT2D eigenvalue weighted by atomic mass is 10.1. The minimum absolute atomic E-state index is 0.00197. The minimum atomic E-state index is 0.00197. The molecule has 0 aliphatic heterocycles. The maximum absolute atomic E-state index is 12.3. The molecule has 1 amide bonds. The van der Waals surface area contributed by atoms with E-state index >= 15 is 0 Å². The predicted molar refractivity (Wildman–Crippen MR) is 108 cm³/mol. The van der Waals surface area contributed by atoms with Crippen molar-refractivity contribution in [2.45, 2.75) is 32.7 Å². The SMILES string of the molecule is CCc1ccc(CCC(=O)Nc2ccnn2Cc2ccc(Br)cc2)cc1. The second-order valence-electron chi connectivity index (χ2n) is 6.22. The van der Waals surface area contributed by atoms with Crippen LogP contribution in [0.25, 0.3) is 0 Å². The highest BCUT2D eigenvalue weighted by Gasteiger charge is 2.08. The summed E-state index contributed by atoms with van der Waals surface area (Å²) in [5, 5.41) is 7.28. The zero-order chi connectivity index (χ0) is 18.4. The molecular formula is C21H22BrN3O. The van der Waals surface area contributed by atoms with Crippen molar-refractivity contribution in [1.29, 1.82) is 0 Å². The van der Waals surface area contributed by atoms with Gasteiger partial charge in [-0.25, -0.2) is 4.68 Å². The molecular weight excluding hydrogens is 390 g/mol. The molecule has 134 valence electrons. The van der Waals surface area contributed by atoms with Gasteiger partial charge in [0, 0.05) is 17.0 Å². The molecule has 0 unspecified atom stereocenters. The Labute approximate surface area is 162 Å². The number of rotatable bonds is 7. The molecule has 1 N–H and O–H groups in total. The third kappa shape index (κ3) is 5.05. The van der Waals surface area contributed by atoms with Gasteiger partial charge in [0.05, 0.1) is 12.7 Å². The number of nitrogens with zero attached hydrogens (tertiary/aromatic N) is 2. The number of nitrogens with one attached hydrogen (secondary N) is 1. The van der Waals surface area contributed by atoms with Crippen LogP contribution in [-0.4, -0.2) is 15.7 Å². The van der Waals surface area contributed by atoms with Crippen LogP contribution in [0.1, 0.15) is 30.0 Å². The summed E-state index contributed by atoms with van der Waals surface area (Å²) >= 11 is 3.44. The molecule has 4 nitrogen and oxygen atoms in total. The molecule has 0 aliphatic rings. The first-order valence-corrected chi connectivity index (χ1v) is 9.57. The summed E-state index contributed by atoms with van der Waals surface area (Å²) in [4.78, 5) is 12.3. The second-order valence-corrected chi connectivity index (χ2v) is 7.13. The molecule has 1 aromatic heterocycles. The van der Waals surface area contributed by atoms with Gasteiger partial charge in [-0.2, -0.15) is 5.10 Å². The van der Waals surface area contributed by atoms with E-state index in [1.54, 1.807) is 10.9 Å². The van der Waals surface area contributed by atoms with Crippen molar-refractivity contribution in [2.24, 2.45) is 0 Å². The van der Waals surface area contributed by atoms with Gasteiger partial charge in [0.1, 0.15) is 5.82 Å². The van der Waals surface area contributed by atoms with Gasteiger partial charge in [-0.05, 0) is 41.7 Å². The fourth-order valence-corrected chi connectivity index (χ4v) is 3.00. The van der Waals surface area contributed by atoms with Gasteiger partial charge in [-0.15, -0.1) is 0 Å². The number of aromatic nitrogens is 2. The van der Waals surface area contributed by atoms with Crippen molar-refractivity contribution in [3.63, 3.8) is 0 Å². The molecule has 0 fully saturated rings. The summed E-state index contributed by atoms with van der Waals surface area (Å²) in [6.45, 7) is 2.76. The Bertz CT molecular complexity index is 854. The van der Waals surface area contributed by atoms with Crippen LogP contribution in [0.5, 0.6) is 0 Å². The predicted octanol–water partition coefficient (Wildman–Crippen LogP) is 4.83. The van der Waals surface area contributed by atoms with E-state index in [1.165, 1.54) is 11.1 Å². The molecule has 5 heteroatoms. The average Bonchev–Trinajstić information content (AvgIpc) is 3.09. The number of hydrogen-bond acceptors (Lipinski definition) is 2. The molecule has 3 aromatic rings. The number of anilines is 1. The first kappa shape index (κ1) is 18.4. The van der Waals surface area contributed by atoms with E-state index in [4.69, 9.17) is 0 Å². The van der Waals surface area contributed by atoms with Crippen LogP contribution in [0.15, 0.2) is 65.3 Å². The van der Waals surface area contributed by atoms with Crippen LogP contribution >= 0.6 is 15.9 Å². The second kappa shape index (κ2) is 8.81. The van der Waals surface area contributed by atoms with Crippen molar-refractivity contribution in [1.82, 2.24) is 9.78 Å². The standard InChI is InChI=1S/C21H22BrN3O/c1-2-16-3-5-17(6-4-16)9-12-21(26)24-20-13-14-23-25(20)15-18-7-10-19(22)11-8-18/h3-8,10-11,13-14H,2,9,12,15H2,1H3,(H,24,26). The molecule has 0 aliphatic carbocycles. The maximum Gasteiger partial charge on any atom is 0.225 e. The van der Waals surface area contributed by atoms with Gasteiger partial charge in [-0.1, -0.05) is 59.3 Å². The molecule has 0 radical (unpaired) electrons. The van der Waals surface area contributed by atoms with Gasteiger partial charge >= 0.3 is 0 Å². The Balaban J connectivity index is 1.56. The first-order valence-electron chi connectivity index (χ1n) is 8.78. The summed E-state index contributed by atoms with van der Waals surface area (Å²) in [6, 6.07) is 18.4. The number of benzene rings is 2. The molecule has 0 spiro atoms. The molecule has 0 saturated heterocycles. The number of aryl methyl sites for hydroxylation is 2. The van der Waals surface area contributed by atoms with Gasteiger partial charge in [0.2, 0.25) is 5.91 Å². The summed E-state index contributed by atoms with van der Waals surface area (Å²) in [5.74, 6) is 0.723. The van der Waals surface area contributed by atoms with Crippen LogP contribution in [0.4, 0.5) is 5.82 Å². The van der Waals surface area contributed by atoms with Crippen LogP contribution in [-0.2, 0) is 24.2 Å². The highest BCUT2D eigenvalue weighted by atomic mass is 79.9. The normalized spacial score (nSPS) is 10.7.